The maximum absolute atomic E-state index is 10.4. The van der Waals surface area contributed by atoms with E-state index in [2.05, 4.69) is 5.18 Å². The van der Waals surface area contributed by atoms with Gasteiger partial charge in [-0.15, -0.1) is 4.91 Å². The van der Waals surface area contributed by atoms with E-state index in [0.29, 0.717) is 5.92 Å². The highest BCUT2D eigenvalue weighted by atomic mass is 16.3. The van der Waals surface area contributed by atoms with E-state index in [9.17, 15) is 9.70 Å². The predicted octanol–water partition coefficient (Wildman–Crippen LogP) is 1.88. The highest BCUT2D eigenvalue weighted by molar-refractivity contribution is 5.88. The summed E-state index contributed by atoms with van der Waals surface area (Å²) >= 11 is 0. The van der Waals surface area contributed by atoms with Crippen molar-refractivity contribution in [3.63, 3.8) is 0 Å². The van der Waals surface area contributed by atoms with Crippen molar-refractivity contribution in [3.05, 3.63) is 16.6 Å². The topological polar surface area (TPSA) is 46.5 Å². The third kappa shape index (κ3) is 3.12. The quantitative estimate of drug-likeness (QED) is 0.435. The number of nitroso groups, excluding NO2 is 1. The Bertz CT molecular complexity index is 170. The van der Waals surface area contributed by atoms with E-state index in [1.165, 1.54) is 6.08 Å². The average molecular weight is 141 g/mol. The van der Waals surface area contributed by atoms with Crippen molar-refractivity contribution in [2.45, 2.75) is 20.8 Å². The molecule has 0 spiro atoms. The van der Waals surface area contributed by atoms with E-state index >= 15 is 0 Å². The van der Waals surface area contributed by atoms with Gasteiger partial charge in [0.2, 0.25) is 0 Å². The lowest BCUT2D eigenvalue weighted by molar-refractivity contribution is -0.113. The molecule has 0 rings (SSSR count). The number of amides is 1. The molecule has 0 radical (unpaired) electrons. The third-order valence-corrected chi connectivity index (χ3v) is 1.35. The maximum Gasteiger partial charge on any atom is 0.309 e. The summed E-state index contributed by atoms with van der Waals surface area (Å²) < 4.78 is 0. The van der Waals surface area contributed by atoms with Gasteiger partial charge in [-0.05, 0) is 12.8 Å². The SMILES string of the molecule is C/C(=C\C(=O)N=O)C(C)C. The molecule has 0 saturated heterocycles. The molecule has 0 aliphatic rings. The molecule has 0 aromatic heterocycles. The second-order valence-electron chi connectivity index (χ2n) is 2.47. The number of rotatable bonds is 2. The zero-order valence-electron chi connectivity index (χ0n) is 6.42. The fourth-order valence-electron chi connectivity index (χ4n) is 0.388. The van der Waals surface area contributed by atoms with E-state index < -0.39 is 5.91 Å². The Balaban J connectivity index is 4.16. The first-order valence-corrected chi connectivity index (χ1v) is 3.13. The van der Waals surface area contributed by atoms with Crippen LogP contribution in [0.2, 0.25) is 0 Å². The van der Waals surface area contributed by atoms with Gasteiger partial charge in [0.1, 0.15) is 0 Å². The molecule has 1 amide bonds. The molecule has 0 unspecified atom stereocenters. The summed E-state index contributed by atoms with van der Waals surface area (Å²) in [7, 11) is 0. The summed E-state index contributed by atoms with van der Waals surface area (Å²) in [6.45, 7) is 5.70. The predicted molar refractivity (Wildman–Crippen MR) is 39.4 cm³/mol. The van der Waals surface area contributed by atoms with Crippen LogP contribution < -0.4 is 0 Å². The van der Waals surface area contributed by atoms with Gasteiger partial charge in [0, 0.05) is 11.3 Å². The summed E-state index contributed by atoms with van der Waals surface area (Å²) in [6, 6.07) is 0. The van der Waals surface area contributed by atoms with Crippen LogP contribution in [0.3, 0.4) is 0 Å². The van der Waals surface area contributed by atoms with E-state index in [-0.39, 0.29) is 0 Å². The van der Waals surface area contributed by atoms with Gasteiger partial charge >= 0.3 is 5.91 Å². The van der Waals surface area contributed by atoms with E-state index in [1.54, 1.807) is 6.92 Å². The van der Waals surface area contributed by atoms with Crippen LogP contribution in [-0.4, -0.2) is 5.91 Å². The number of carbonyl (C=O) groups is 1. The van der Waals surface area contributed by atoms with Crippen LogP contribution in [0.15, 0.2) is 16.8 Å². The molecule has 0 fully saturated rings. The highest BCUT2D eigenvalue weighted by Gasteiger charge is 1.99. The second-order valence-corrected chi connectivity index (χ2v) is 2.47. The van der Waals surface area contributed by atoms with Gasteiger partial charge in [-0.2, -0.15) is 0 Å². The Labute approximate surface area is 60.1 Å². The molecule has 3 heteroatoms. The van der Waals surface area contributed by atoms with Crippen molar-refractivity contribution in [1.29, 1.82) is 0 Å². The number of hydrogen-bond acceptors (Lipinski definition) is 2. The summed E-state index contributed by atoms with van der Waals surface area (Å²) in [4.78, 5) is 20.0. The minimum Gasteiger partial charge on any atom is -0.264 e. The molecule has 0 heterocycles. The van der Waals surface area contributed by atoms with Crippen LogP contribution >= 0.6 is 0 Å². The fourth-order valence-corrected chi connectivity index (χ4v) is 0.388. The first-order chi connectivity index (χ1) is 4.57. The van der Waals surface area contributed by atoms with Gasteiger partial charge in [0.05, 0.1) is 0 Å². The van der Waals surface area contributed by atoms with Gasteiger partial charge in [-0.1, -0.05) is 19.4 Å². The summed E-state index contributed by atoms with van der Waals surface area (Å²) in [5, 5.41) is 2.25. The van der Waals surface area contributed by atoms with Crippen molar-refractivity contribution in [2.24, 2.45) is 11.1 Å². The Morgan fingerprint density at radius 3 is 2.30 bits per heavy atom. The zero-order valence-corrected chi connectivity index (χ0v) is 6.42. The molecule has 3 nitrogen and oxygen atoms in total. The minimum atomic E-state index is -0.703. The highest BCUT2D eigenvalue weighted by Crippen LogP contribution is 2.07. The Kier molecular flexibility index (Phi) is 3.54. The zero-order chi connectivity index (χ0) is 8.15. The van der Waals surface area contributed by atoms with Gasteiger partial charge < -0.3 is 0 Å². The molecule has 0 aromatic rings. The van der Waals surface area contributed by atoms with Crippen LogP contribution in [0.4, 0.5) is 0 Å². The molecule has 10 heavy (non-hydrogen) atoms. The molecule has 0 atom stereocenters. The van der Waals surface area contributed by atoms with Crippen molar-refractivity contribution in [2.75, 3.05) is 0 Å². The van der Waals surface area contributed by atoms with Crippen molar-refractivity contribution in [3.8, 4) is 0 Å². The summed E-state index contributed by atoms with van der Waals surface area (Å²) in [5.41, 5.74) is 0.879. The van der Waals surface area contributed by atoms with E-state index in [1.807, 2.05) is 13.8 Å². The second kappa shape index (κ2) is 3.93. The van der Waals surface area contributed by atoms with Crippen LogP contribution in [0.5, 0.6) is 0 Å². The van der Waals surface area contributed by atoms with E-state index in [4.69, 9.17) is 0 Å². The monoisotopic (exact) mass is 141 g/mol. The number of hydrogen-bond donors (Lipinski definition) is 0. The number of nitrogens with zero attached hydrogens (tertiary/aromatic N) is 1. The number of carbonyl (C=O) groups excluding carboxylic acids is 1. The molecule has 0 aliphatic carbocycles. The standard InChI is InChI=1S/C7H11NO2/c1-5(2)6(3)4-7(9)8-10/h4-5H,1-3H3/b6-4+. The largest absolute Gasteiger partial charge is 0.309 e. The number of allylic oxidation sites excluding steroid dienone is 1. The molecule has 0 N–H and O–H groups in total. The van der Waals surface area contributed by atoms with Gasteiger partial charge in [-0.3, -0.25) is 4.79 Å². The lowest BCUT2D eigenvalue weighted by atomic mass is 10.1. The minimum absolute atomic E-state index is 0.297. The van der Waals surface area contributed by atoms with Crippen molar-refractivity contribution >= 4 is 5.91 Å². The lowest BCUT2D eigenvalue weighted by Gasteiger charge is -2.00. The third-order valence-electron chi connectivity index (χ3n) is 1.35. The molecular formula is C7H11NO2. The van der Waals surface area contributed by atoms with Gasteiger partial charge in [0.15, 0.2) is 0 Å². The van der Waals surface area contributed by atoms with Crippen LogP contribution in [0.1, 0.15) is 20.8 Å². The van der Waals surface area contributed by atoms with E-state index in [0.717, 1.165) is 5.57 Å². The summed E-state index contributed by atoms with van der Waals surface area (Å²) in [5.74, 6) is -0.406. The smallest absolute Gasteiger partial charge is 0.264 e. The molecular weight excluding hydrogens is 130 g/mol. The molecule has 0 saturated carbocycles. The van der Waals surface area contributed by atoms with Gasteiger partial charge in [0.25, 0.3) is 0 Å². The molecule has 56 valence electrons. The first kappa shape index (κ1) is 9.01. The van der Waals surface area contributed by atoms with Crippen molar-refractivity contribution < 1.29 is 4.79 Å². The van der Waals surface area contributed by atoms with Crippen LogP contribution in [-0.2, 0) is 4.79 Å². The van der Waals surface area contributed by atoms with Crippen LogP contribution in [0, 0.1) is 10.8 Å². The summed E-state index contributed by atoms with van der Waals surface area (Å²) in [6.07, 6.45) is 1.26. The Morgan fingerprint density at radius 2 is 2.00 bits per heavy atom. The molecule has 0 aromatic carbocycles. The Morgan fingerprint density at radius 1 is 1.50 bits per heavy atom. The van der Waals surface area contributed by atoms with Crippen molar-refractivity contribution in [1.82, 2.24) is 0 Å². The normalized spacial score (nSPS) is 11.8. The van der Waals surface area contributed by atoms with Crippen LogP contribution in [0.25, 0.3) is 0 Å². The first-order valence-electron chi connectivity index (χ1n) is 3.13. The average Bonchev–Trinajstić information content (AvgIpc) is 1.87. The van der Waals surface area contributed by atoms with Gasteiger partial charge in [-0.25, -0.2) is 0 Å². The lowest BCUT2D eigenvalue weighted by Crippen LogP contribution is -1.93. The molecule has 0 aliphatic heterocycles. The Hall–Kier alpha value is -0.990. The fraction of sp³-hybridized carbons (Fsp3) is 0.571. The molecule has 0 bridgehead atoms. The maximum atomic E-state index is 10.4.